The van der Waals surface area contributed by atoms with Crippen LogP contribution in [-0.2, 0) is 17.2 Å². The van der Waals surface area contributed by atoms with Crippen molar-refractivity contribution in [2.45, 2.75) is 6.42 Å². The summed E-state index contributed by atoms with van der Waals surface area (Å²) in [5.41, 5.74) is 0.418. The third-order valence-corrected chi connectivity index (χ3v) is 2.65. The predicted molar refractivity (Wildman–Crippen MR) is 53.0 cm³/mol. The van der Waals surface area contributed by atoms with Gasteiger partial charge in [-0.3, -0.25) is 9.35 Å². The Morgan fingerprint density at radius 2 is 2.13 bits per heavy atom. The minimum Gasteiger partial charge on any atom is -0.287 e. The van der Waals surface area contributed by atoms with Crippen LogP contribution in [0.4, 0.5) is 0 Å². The fourth-order valence-electron chi connectivity index (χ4n) is 1.16. The van der Waals surface area contributed by atoms with Gasteiger partial charge in [0.15, 0.2) is 6.20 Å². The number of carbonyl (C=O) groups excluding carboxylic acids is 1. The van der Waals surface area contributed by atoms with Crippen LogP contribution in [0.5, 0.6) is 0 Å². The molecule has 0 spiro atoms. The fourth-order valence-corrected chi connectivity index (χ4v) is 1.61. The lowest BCUT2D eigenvalue weighted by Gasteiger charge is -1.97. The van der Waals surface area contributed by atoms with Gasteiger partial charge in [0.05, 0.1) is 5.75 Å². The lowest BCUT2D eigenvalue weighted by Crippen LogP contribution is -2.35. The van der Waals surface area contributed by atoms with E-state index in [4.69, 9.17) is 4.55 Å². The summed E-state index contributed by atoms with van der Waals surface area (Å²) in [5.74, 6) is -0.850. The molecule has 1 aromatic heterocycles. The molecular formula is C9H12NO4S+. The van der Waals surface area contributed by atoms with E-state index in [2.05, 4.69) is 0 Å². The van der Waals surface area contributed by atoms with Gasteiger partial charge in [0.2, 0.25) is 11.5 Å². The van der Waals surface area contributed by atoms with Crippen molar-refractivity contribution in [3.63, 3.8) is 0 Å². The maximum absolute atomic E-state index is 11.5. The number of nitrogens with zero attached hydrogens (tertiary/aromatic N) is 1. The normalized spacial score (nSPS) is 11.3. The lowest BCUT2D eigenvalue weighted by atomic mass is 10.2. The van der Waals surface area contributed by atoms with E-state index in [1.54, 1.807) is 36.0 Å². The Labute approximate surface area is 88.1 Å². The monoisotopic (exact) mass is 230 g/mol. The lowest BCUT2D eigenvalue weighted by molar-refractivity contribution is -0.673. The van der Waals surface area contributed by atoms with Crippen LogP contribution in [0, 0.1) is 0 Å². The second kappa shape index (κ2) is 4.50. The van der Waals surface area contributed by atoms with E-state index in [1.165, 1.54) is 0 Å². The molecule has 0 atom stereocenters. The minimum absolute atomic E-state index is 0.212. The number of ketones is 1. The highest BCUT2D eigenvalue weighted by Crippen LogP contribution is 1.99. The maximum Gasteiger partial charge on any atom is 0.265 e. The highest BCUT2D eigenvalue weighted by Gasteiger charge is 2.17. The van der Waals surface area contributed by atoms with E-state index in [-0.39, 0.29) is 12.2 Å². The van der Waals surface area contributed by atoms with Crippen LogP contribution in [0.15, 0.2) is 24.4 Å². The molecule has 82 valence electrons. The van der Waals surface area contributed by atoms with Crippen LogP contribution in [0.25, 0.3) is 0 Å². The SMILES string of the molecule is C[n+]1ccccc1C(=O)CCS(=O)(=O)O. The number of hydrogen-bond donors (Lipinski definition) is 1. The molecular weight excluding hydrogens is 218 g/mol. The number of hydrogen-bond acceptors (Lipinski definition) is 3. The van der Waals surface area contributed by atoms with E-state index in [9.17, 15) is 13.2 Å². The number of Topliss-reactive ketones (excluding diaryl/α,β-unsaturated/α-hetero) is 1. The Balaban J connectivity index is 2.75. The van der Waals surface area contributed by atoms with Crippen molar-refractivity contribution >= 4 is 15.9 Å². The molecule has 6 heteroatoms. The summed E-state index contributed by atoms with van der Waals surface area (Å²) >= 11 is 0. The smallest absolute Gasteiger partial charge is 0.265 e. The zero-order valence-electron chi connectivity index (χ0n) is 8.25. The fraction of sp³-hybridized carbons (Fsp3) is 0.333. The van der Waals surface area contributed by atoms with Crippen LogP contribution in [0.3, 0.4) is 0 Å². The van der Waals surface area contributed by atoms with E-state index < -0.39 is 15.9 Å². The highest BCUT2D eigenvalue weighted by molar-refractivity contribution is 7.85. The van der Waals surface area contributed by atoms with Crippen molar-refractivity contribution in [3.8, 4) is 0 Å². The summed E-state index contributed by atoms with van der Waals surface area (Å²) in [6.45, 7) is 0. The first-order chi connectivity index (χ1) is 6.90. The Bertz CT molecular complexity index is 467. The summed E-state index contributed by atoms with van der Waals surface area (Å²) in [7, 11) is -2.38. The quantitative estimate of drug-likeness (QED) is 0.448. The molecule has 1 rings (SSSR count). The van der Waals surface area contributed by atoms with Gasteiger partial charge < -0.3 is 0 Å². The summed E-state index contributed by atoms with van der Waals surface area (Å²) in [4.78, 5) is 11.5. The van der Waals surface area contributed by atoms with Crippen LogP contribution < -0.4 is 4.57 Å². The molecule has 0 fully saturated rings. The van der Waals surface area contributed by atoms with Gasteiger partial charge in [-0.05, 0) is 6.07 Å². The molecule has 1 N–H and O–H groups in total. The summed E-state index contributed by atoms with van der Waals surface area (Å²) < 4.78 is 31.0. The van der Waals surface area contributed by atoms with Gasteiger partial charge in [-0.1, -0.05) is 0 Å². The molecule has 15 heavy (non-hydrogen) atoms. The Hall–Kier alpha value is -1.27. The Morgan fingerprint density at radius 3 is 2.67 bits per heavy atom. The Morgan fingerprint density at radius 1 is 1.47 bits per heavy atom. The van der Waals surface area contributed by atoms with Gasteiger partial charge in [0, 0.05) is 18.6 Å². The zero-order valence-corrected chi connectivity index (χ0v) is 9.07. The van der Waals surface area contributed by atoms with Gasteiger partial charge in [-0.15, -0.1) is 0 Å². The zero-order chi connectivity index (χ0) is 11.5. The van der Waals surface area contributed by atoms with Crippen LogP contribution in [0.1, 0.15) is 16.9 Å². The average molecular weight is 230 g/mol. The van der Waals surface area contributed by atoms with Crippen molar-refractivity contribution in [1.82, 2.24) is 0 Å². The minimum atomic E-state index is -4.07. The molecule has 5 nitrogen and oxygen atoms in total. The number of aromatic nitrogens is 1. The van der Waals surface area contributed by atoms with Crippen molar-refractivity contribution < 1.29 is 22.3 Å². The molecule has 0 aliphatic carbocycles. The molecule has 0 saturated carbocycles. The summed E-state index contributed by atoms with van der Waals surface area (Å²) in [5, 5.41) is 0. The molecule has 0 aromatic carbocycles. The first-order valence-electron chi connectivity index (χ1n) is 4.33. The van der Waals surface area contributed by atoms with Gasteiger partial charge >= 0.3 is 0 Å². The topological polar surface area (TPSA) is 75.3 Å². The highest BCUT2D eigenvalue weighted by atomic mass is 32.2. The molecule has 0 aliphatic heterocycles. The second-order valence-electron chi connectivity index (χ2n) is 3.16. The summed E-state index contributed by atoms with van der Waals surface area (Å²) in [6, 6.07) is 5.06. The van der Waals surface area contributed by atoms with Gasteiger partial charge in [-0.2, -0.15) is 13.0 Å². The standard InChI is InChI=1S/C9H11NO4S/c1-10-6-3-2-4-8(10)9(11)5-7-15(12,13)14/h2-4,6H,5,7H2,1H3/p+1. The Kier molecular flexibility index (Phi) is 3.54. The molecule has 1 aromatic rings. The molecule has 1 heterocycles. The number of carbonyl (C=O) groups is 1. The van der Waals surface area contributed by atoms with Crippen molar-refractivity contribution in [2.24, 2.45) is 7.05 Å². The molecule has 0 saturated heterocycles. The predicted octanol–water partition coefficient (Wildman–Crippen LogP) is -0.0283. The number of aryl methyl sites for hydroxylation is 1. The number of pyridine rings is 1. The molecule has 0 bridgehead atoms. The number of rotatable bonds is 4. The van der Waals surface area contributed by atoms with Gasteiger partial charge in [-0.25, -0.2) is 0 Å². The van der Waals surface area contributed by atoms with Gasteiger partial charge in [0.1, 0.15) is 7.05 Å². The average Bonchev–Trinajstić information content (AvgIpc) is 2.14. The first-order valence-corrected chi connectivity index (χ1v) is 5.94. The third-order valence-electron chi connectivity index (χ3n) is 1.93. The van der Waals surface area contributed by atoms with E-state index in [1.807, 2.05) is 0 Å². The van der Waals surface area contributed by atoms with Crippen molar-refractivity contribution in [1.29, 1.82) is 0 Å². The molecule has 0 unspecified atom stereocenters. The van der Waals surface area contributed by atoms with Gasteiger partial charge in [0.25, 0.3) is 10.1 Å². The van der Waals surface area contributed by atoms with Crippen molar-refractivity contribution in [3.05, 3.63) is 30.1 Å². The summed E-state index contributed by atoms with van der Waals surface area (Å²) in [6.07, 6.45) is 1.48. The van der Waals surface area contributed by atoms with Crippen LogP contribution in [-0.4, -0.2) is 24.5 Å². The van der Waals surface area contributed by atoms with E-state index >= 15 is 0 Å². The molecule has 0 aliphatic rings. The van der Waals surface area contributed by atoms with E-state index in [0.717, 1.165) is 0 Å². The van der Waals surface area contributed by atoms with E-state index in [0.29, 0.717) is 5.69 Å². The largest absolute Gasteiger partial charge is 0.287 e. The maximum atomic E-state index is 11.5. The second-order valence-corrected chi connectivity index (χ2v) is 4.73. The van der Waals surface area contributed by atoms with Crippen molar-refractivity contribution in [2.75, 3.05) is 5.75 Å². The first kappa shape index (κ1) is 11.8. The molecule has 0 amide bonds. The third kappa shape index (κ3) is 3.77. The van der Waals surface area contributed by atoms with Crippen LogP contribution in [0.2, 0.25) is 0 Å². The van der Waals surface area contributed by atoms with Crippen LogP contribution >= 0.6 is 0 Å². The molecule has 0 radical (unpaired) electrons.